The molecule has 1 N–H and O–H groups in total. The quantitative estimate of drug-likeness (QED) is 0.861. The maximum atomic E-state index is 13.8. The lowest BCUT2D eigenvalue weighted by Crippen LogP contribution is -2.07. The van der Waals surface area contributed by atoms with Crippen molar-refractivity contribution >= 4 is 32.7 Å². The van der Waals surface area contributed by atoms with Gasteiger partial charge in [0.05, 0.1) is 12.2 Å². The number of aromatic hydroxyl groups is 1. The zero-order valence-corrected chi connectivity index (χ0v) is 11.1. The predicted octanol–water partition coefficient (Wildman–Crippen LogP) is 3.62. The number of fused-ring (bicyclic) bond motifs is 1. The van der Waals surface area contributed by atoms with Crippen molar-refractivity contribution in [1.29, 1.82) is 0 Å². The number of halogens is 2. The summed E-state index contributed by atoms with van der Waals surface area (Å²) in [5, 5.41) is 10.7. The first kappa shape index (κ1) is 12.8. The van der Waals surface area contributed by atoms with E-state index >= 15 is 0 Å². The van der Waals surface area contributed by atoms with Crippen molar-refractivity contribution in [2.75, 3.05) is 6.61 Å². The third kappa shape index (κ3) is 2.18. The molecule has 94 valence electrons. The Kier molecular flexibility index (Phi) is 3.52. The summed E-state index contributed by atoms with van der Waals surface area (Å²) in [7, 11) is 0. The van der Waals surface area contributed by atoms with Gasteiger partial charge in [-0.2, -0.15) is 0 Å². The average molecular weight is 313 g/mol. The molecule has 0 atom stereocenters. The van der Waals surface area contributed by atoms with Crippen molar-refractivity contribution in [1.82, 2.24) is 0 Å². The molecule has 5 heteroatoms. The van der Waals surface area contributed by atoms with E-state index in [1.165, 1.54) is 6.07 Å². The lowest BCUT2D eigenvalue weighted by molar-refractivity contribution is 0.0520. The fourth-order valence-electron chi connectivity index (χ4n) is 1.69. The van der Waals surface area contributed by atoms with E-state index in [9.17, 15) is 14.3 Å². The van der Waals surface area contributed by atoms with Crippen molar-refractivity contribution in [2.24, 2.45) is 0 Å². The highest BCUT2D eigenvalue weighted by molar-refractivity contribution is 9.10. The Labute approximate surface area is 111 Å². The van der Waals surface area contributed by atoms with E-state index in [1.807, 2.05) is 0 Å². The van der Waals surface area contributed by atoms with Crippen LogP contribution in [-0.2, 0) is 4.74 Å². The smallest absolute Gasteiger partial charge is 0.341 e. The lowest BCUT2D eigenvalue weighted by atomic mass is 10.1. The Hall–Kier alpha value is -1.62. The van der Waals surface area contributed by atoms with Gasteiger partial charge in [-0.25, -0.2) is 9.18 Å². The minimum Gasteiger partial charge on any atom is -0.504 e. The summed E-state index contributed by atoms with van der Waals surface area (Å²) in [4.78, 5) is 11.6. The van der Waals surface area contributed by atoms with Gasteiger partial charge in [0.1, 0.15) is 0 Å². The van der Waals surface area contributed by atoms with Gasteiger partial charge < -0.3 is 9.84 Å². The first-order chi connectivity index (χ1) is 8.54. The van der Waals surface area contributed by atoms with Crippen LogP contribution in [0.5, 0.6) is 5.75 Å². The summed E-state index contributed by atoms with van der Waals surface area (Å²) in [6.07, 6.45) is 0. The third-order valence-corrected chi connectivity index (χ3v) is 3.00. The zero-order valence-electron chi connectivity index (χ0n) is 9.54. The van der Waals surface area contributed by atoms with Crippen molar-refractivity contribution in [3.8, 4) is 5.75 Å². The van der Waals surface area contributed by atoms with Crippen LogP contribution in [0, 0.1) is 5.82 Å². The first-order valence-corrected chi connectivity index (χ1v) is 6.11. The van der Waals surface area contributed by atoms with Crippen LogP contribution in [0.25, 0.3) is 10.8 Å². The van der Waals surface area contributed by atoms with E-state index < -0.39 is 17.5 Å². The van der Waals surface area contributed by atoms with Gasteiger partial charge in [-0.15, -0.1) is 0 Å². The van der Waals surface area contributed by atoms with E-state index in [2.05, 4.69) is 15.9 Å². The zero-order chi connectivity index (χ0) is 13.3. The van der Waals surface area contributed by atoms with Crippen LogP contribution in [0.1, 0.15) is 17.3 Å². The van der Waals surface area contributed by atoms with Gasteiger partial charge in [-0.1, -0.05) is 15.9 Å². The largest absolute Gasteiger partial charge is 0.504 e. The van der Waals surface area contributed by atoms with Crippen LogP contribution in [0.15, 0.2) is 28.7 Å². The molecule has 0 spiro atoms. The second kappa shape index (κ2) is 4.94. The summed E-state index contributed by atoms with van der Waals surface area (Å²) in [5.41, 5.74) is -0.264. The van der Waals surface area contributed by atoms with E-state index in [1.54, 1.807) is 25.1 Å². The highest BCUT2D eigenvalue weighted by atomic mass is 79.9. The molecule has 2 aromatic rings. The molecule has 0 unspecified atom stereocenters. The third-order valence-electron chi connectivity index (χ3n) is 2.51. The number of esters is 1. The molecular formula is C13H10BrFO3. The summed E-state index contributed by atoms with van der Waals surface area (Å²) in [5.74, 6) is -2.28. The second-order valence-electron chi connectivity index (χ2n) is 3.67. The lowest BCUT2D eigenvalue weighted by Gasteiger charge is -2.08. The fourth-order valence-corrected chi connectivity index (χ4v) is 2.07. The normalized spacial score (nSPS) is 10.6. The topological polar surface area (TPSA) is 46.5 Å². The molecule has 0 aliphatic carbocycles. The molecule has 0 bridgehead atoms. The molecule has 18 heavy (non-hydrogen) atoms. The summed E-state index contributed by atoms with van der Waals surface area (Å²) < 4.78 is 19.4. The number of rotatable bonds is 2. The molecular weight excluding hydrogens is 303 g/mol. The van der Waals surface area contributed by atoms with Crippen LogP contribution in [-0.4, -0.2) is 17.7 Å². The molecule has 2 rings (SSSR count). The van der Waals surface area contributed by atoms with Crippen LogP contribution in [0.4, 0.5) is 4.39 Å². The van der Waals surface area contributed by atoms with Crippen LogP contribution in [0.3, 0.4) is 0 Å². The van der Waals surface area contributed by atoms with Gasteiger partial charge >= 0.3 is 5.97 Å². The number of phenols is 1. The molecule has 2 aromatic carbocycles. The van der Waals surface area contributed by atoms with Gasteiger partial charge in [0, 0.05) is 9.86 Å². The molecule has 0 fully saturated rings. The number of phenolic OH excluding ortho intramolecular Hbond substituents is 1. The van der Waals surface area contributed by atoms with Gasteiger partial charge in [0.2, 0.25) is 0 Å². The molecule has 0 heterocycles. The Balaban J connectivity index is 2.68. The summed E-state index contributed by atoms with van der Waals surface area (Å²) in [6, 6.07) is 6.32. The second-order valence-corrected chi connectivity index (χ2v) is 4.59. The number of hydrogen-bond donors (Lipinski definition) is 1. The van der Waals surface area contributed by atoms with Gasteiger partial charge in [0.15, 0.2) is 11.6 Å². The molecule has 0 radical (unpaired) electrons. The number of benzene rings is 2. The molecule has 3 nitrogen and oxygen atoms in total. The number of carbonyl (C=O) groups is 1. The van der Waals surface area contributed by atoms with E-state index in [0.717, 1.165) is 4.47 Å². The fraction of sp³-hybridized carbons (Fsp3) is 0.154. The Bertz CT molecular complexity index is 625. The number of carbonyl (C=O) groups excluding carboxylic acids is 1. The van der Waals surface area contributed by atoms with Gasteiger partial charge in [-0.05, 0) is 36.6 Å². The van der Waals surface area contributed by atoms with Gasteiger partial charge in [0.25, 0.3) is 0 Å². The van der Waals surface area contributed by atoms with Crippen LogP contribution < -0.4 is 0 Å². The Morgan fingerprint density at radius 1 is 1.44 bits per heavy atom. The van der Waals surface area contributed by atoms with Crippen LogP contribution >= 0.6 is 15.9 Å². The van der Waals surface area contributed by atoms with E-state index in [0.29, 0.717) is 10.8 Å². The first-order valence-electron chi connectivity index (χ1n) is 5.32. The molecule has 0 aromatic heterocycles. The van der Waals surface area contributed by atoms with Crippen LogP contribution in [0.2, 0.25) is 0 Å². The highest BCUT2D eigenvalue weighted by Gasteiger charge is 2.19. The van der Waals surface area contributed by atoms with Crippen molar-refractivity contribution in [2.45, 2.75) is 6.92 Å². The maximum absolute atomic E-state index is 13.8. The number of hydrogen-bond acceptors (Lipinski definition) is 3. The SMILES string of the molecule is CCOC(=O)c1cc2cc(Br)ccc2c(O)c1F. The molecule has 0 saturated carbocycles. The number of ether oxygens (including phenoxy) is 1. The molecule has 0 amide bonds. The van der Waals surface area contributed by atoms with Gasteiger partial charge in [-0.3, -0.25) is 0 Å². The Morgan fingerprint density at radius 2 is 2.17 bits per heavy atom. The van der Waals surface area contributed by atoms with E-state index in [-0.39, 0.29) is 12.2 Å². The average Bonchev–Trinajstić information content (AvgIpc) is 2.33. The minimum absolute atomic E-state index is 0.148. The Morgan fingerprint density at radius 3 is 2.83 bits per heavy atom. The monoisotopic (exact) mass is 312 g/mol. The van der Waals surface area contributed by atoms with Crippen molar-refractivity contribution in [3.63, 3.8) is 0 Å². The molecule has 0 aliphatic rings. The predicted molar refractivity (Wildman–Crippen MR) is 69.2 cm³/mol. The standard InChI is InChI=1S/C13H10BrFO3/c1-2-18-13(17)10-6-7-5-8(14)3-4-9(7)12(16)11(10)15/h3-6,16H,2H2,1H3. The molecule has 0 saturated heterocycles. The summed E-state index contributed by atoms with van der Waals surface area (Å²) >= 11 is 3.28. The summed E-state index contributed by atoms with van der Waals surface area (Å²) in [6.45, 7) is 1.78. The van der Waals surface area contributed by atoms with Crippen molar-refractivity contribution in [3.05, 3.63) is 40.1 Å². The molecule has 0 aliphatic heterocycles. The van der Waals surface area contributed by atoms with Crippen molar-refractivity contribution < 1.29 is 19.0 Å². The minimum atomic E-state index is -0.955. The highest BCUT2D eigenvalue weighted by Crippen LogP contribution is 2.32. The maximum Gasteiger partial charge on any atom is 0.341 e. The van der Waals surface area contributed by atoms with E-state index in [4.69, 9.17) is 4.74 Å².